The summed E-state index contributed by atoms with van der Waals surface area (Å²) in [6, 6.07) is 8.22. The van der Waals surface area contributed by atoms with Gasteiger partial charge in [-0.05, 0) is 44.1 Å². The van der Waals surface area contributed by atoms with Crippen molar-refractivity contribution in [2.75, 3.05) is 6.54 Å². The van der Waals surface area contributed by atoms with Crippen LogP contribution in [0.15, 0.2) is 29.1 Å². The molecule has 0 bridgehead atoms. The van der Waals surface area contributed by atoms with E-state index in [0.717, 1.165) is 50.0 Å². The molecular formula is C20H24N4O2. The van der Waals surface area contributed by atoms with Crippen LogP contribution >= 0.6 is 0 Å². The Balaban J connectivity index is 1.44. The number of nitrogens with zero attached hydrogens (tertiary/aromatic N) is 4. The molecule has 5 rings (SSSR count). The molecule has 1 aromatic carbocycles. The van der Waals surface area contributed by atoms with Crippen LogP contribution in [0, 0.1) is 12.8 Å². The monoisotopic (exact) mass is 352 g/mol. The fourth-order valence-corrected chi connectivity index (χ4v) is 4.59. The quantitative estimate of drug-likeness (QED) is 0.848. The molecule has 0 spiro atoms. The molecule has 0 N–H and O–H groups in total. The summed E-state index contributed by atoms with van der Waals surface area (Å²) < 4.78 is 3.20. The van der Waals surface area contributed by atoms with Crippen LogP contribution in [0.4, 0.5) is 0 Å². The maximum Gasteiger partial charge on any atom is 0.346 e. The van der Waals surface area contributed by atoms with Crippen molar-refractivity contribution < 1.29 is 4.79 Å². The van der Waals surface area contributed by atoms with Crippen molar-refractivity contribution >= 4 is 5.91 Å². The number of carbonyl (C=O) groups is 1. The number of aryl methyl sites for hydroxylation is 2. The molecule has 1 amide bonds. The fraction of sp³-hybridized carbons (Fsp3) is 0.550. The number of aromatic nitrogens is 3. The van der Waals surface area contributed by atoms with E-state index in [1.807, 2.05) is 36.1 Å². The normalized spacial score (nSPS) is 26.5. The molecule has 2 aromatic rings. The fourth-order valence-electron chi connectivity index (χ4n) is 4.59. The number of carbonyl (C=O) groups excluding carboxylic acids is 1. The maximum atomic E-state index is 13.1. The van der Waals surface area contributed by atoms with Crippen LogP contribution in [0.2, 0.25) is 0 Å². The van der Waals surface area contributed by atoms with Crippen molar-refractivity contribution in [3.05, 3.63) is 51.7 Å². The molecule has 1 aliphatic carbocycles. The largest absolute Gasteiger partial charge is 0.346 e. The van der Waals surface area contributed by atoms with E-state index in [0.29, 0.717) is 18.5 Å². The number of benzene rings is 1. The minimum atomic E-state index is -0.364. The van der Waals surface area contributed by atoms with Crippen molar-refractivity contribution in [3.8, 4) is 0 Å². The Morgan fingerprint density at radius 3 is 2.73 bits per heavy atom. The molecule has 0 radical (unpaired) electrons. The summed E-state index contributed by atoms with van der Waals surface area (Å²) in [5, 5.41) is 4.55. The third kappa shape index (κ3) is 2.50. The van der Waals surface area contributed by atoms with Crippen molar-refractivity contribution in [3.63, 3.8) is 0 Å². The van der Waals surface area contributed by atoms with Crippen LogP contribution < -0.4 is 5.69 Å². The molecule has 136 valence electrons. The van der Waals surface area contributed by atoms with Crippen molar-refractivity contribution in [1.29, 1.82) is 0 Å². The van der Waals surface area contributed by atoms with Gasteiger partial charge in [0.25, 0.3) is 0 Å². The first-order valence-corrected chi connectivity index (χ1v) is 9.66. The molecule has 2 aliphatic heterocycles. The molecule has 1 saturated carbocycles. The number of hydrogen-bond donors (Lipinski definition) is 0. The topological polar surface area (TPSA) is 60.1 Å². The van der Waals surface area contributed by atoms with Gasteiger partial charge in [0.05, 0.1) is 6.54 Å². The van der Waals surface area contributed by atoms with Gasteiger partial charge >= 0.3 is 5.69 Å². The smallest absolute Gasteiger partial charge is 0.338 e. The first kappa shape index (κ1) is 15.9. The molecule has 6 heteroatoms. The third-order valence-electron chi connectivity index (χ3n) is 6.18. The Morgan fingerprint density at radius 1 is 1.23 bits per heavy atom. The molecule has 2 fully saturated rings. The van der Waals surface area contributed by atoms with Gasteiger partial charge in [-0.3, -0.25) is 9.36 Å². The van der Waals surface area contributed by atoms with Crippen LogP contribution in [0.5, 0.6) is 0 Å². The lowest BCUT2D eigenvalue weighted by Crippen LogP contribution is -2.42. The number of rotatable bonds is 3. The summed E-state index contributed by atoms with van der Waals surface area (Å²) in [6.07, 6.45) is 4.70. The van der Waals surface area contributed by atoms with E-state index in [1.165, 1.54) is 10.2 Å². The zero-order chi connectivity index (χ0) is 17.8. The number of fused-ring (bicyclic) bond motifs is 2. The number of likely N-dealkylation sites (tertiary alicyclic amines) is 1. The van der Waals surface area contributed by atoms with Crippen molar-refractivity contribution in [1.82, 2.24) is 19.2 Å². The van der Waals surface area contributed by atoms with E-state index >= 15 is 0 Å². The standard InChI is InChI=1S/C20H24N4O2/c1-13-5-7-14(8-6-13)12-23-20(26)24-16(3-2-4-18(24)21-23)19(25)22-10-9-15-11-17(15)22/h5-8,15-17H,2-4,9-12H2,1H3/t15?,16-,17-/m0/s1. The van der Waals surface area contributed by atoms with E-state index in [4.69, 9.17) is 0 Å². The number of amides is 1. The Labute approximate surface area is 152 Å². The number of hydrogen-bond acceptors (Lipinski definition) is 3. The maximum absolute atomic E-state index is 13.1. The Morgan fingerprint density at radius 2 is 2.04 bits per heavy atom. The summed E-state index contributed by atoms with van der Waals surface area (Å²) in [6.45, 7) is 3.35. The van der Waals surface area contributed by atoms with E-state index in [9.17, 15) is 9.59 Å². The number of piperidine rings is 1. The van der Waals surface area contributed by atoms with Gasteiger partial charge in [0.2, 0.25) is 5.91 Å². The van der Waals surface area contributed by atoms with Crippen LogP contribution in [0.25, 0.3) is 0 Å². The predicted molar refractivity (Wildman–Crippen MR) is 97.0 cm³/mol. The Kier molecular flexibility index (Phi) is 3.55. The third-order valence-corrected chi connectivity index (χ3v) is 6.18. The molecule has 1 saturated heterocycles. The summed E-state index contributed by atoms with van der Waals surface area (Å²) >= 11 is 0. The SMILES string of the molecule is Cc1ccc(Cn2nc3n(c2=O)[C@H](C(=O)N2CCC4C[C@@H]42)CCC3)cc1. The lowest BCUT2D eigenvalue weighted by Gasteiger charge is -2.28. The minimum absolute atomic E-state index is 0.132. The molecule has 6 nitrogen and oxygen atoms in total. The molecule has 3 atom stereocenters. The molecule has 3 heterocycles. The van der Waals surface area contributed by atoms with Crippen molar-refractivity contribution in [2.45, 2.75) is 57.7 Å². The highest BCUT2D eigenvalue weighted by atomic mass is 16.2. The Bertz CT molecular complexity index is 911. The van der Waals surface area contributed by atoms with Gasteiger partial charge in [0, 0.05) is 19.0 Å². The summed E-state index contributed by atoms with van der Waals surface area (Å²) in [5.74, 6) is 1.61. The van der Waals surface area contributed by atoms with Gasteiger partial charge in [-0.25, -0.2) is 9.48 Å². The Hall–Kier alpha value is -2.37. The van der Waals surface area contributed by atoms with Crippen LogP contribution in [-0.2, 0) is 17.8 Å². The lowest BCUT2D eigenvalue weighted by atomic mass is 10.0. The second-order valence-corrected chi connectivity index (χ2v) is 8.00. The van der Waals surface area contributed by atoms with E-state index < -0.39 is 0 Å². The second-order valence-electron chi connectivity index (χ2n) is 8.00. The summed E-state index contributed by atoms with van der Waals surface area (Å²) in [4.78, 5) is 28.1. The van der Waals surface area contributed by atoms with Crippen LogP contribution in [0.1, 0.15) is 48.7 Å². The highest BCUT2D eigenvalue weighted by Crippen LogP contribution is 2.45. The highest BCUT2D eigenvalue weighted by Gasteiger charge is 2.50. The van der Waals surface area contributed by atoms with Gasteiger partial charge in [0.15, 0.2) is 0 Å². The lowest BCUT2D eigenvalue weighted by molar-refractivity contribution is -0.135. The first-order chi connectivity index (χ1) is 12.6. The van der Waals surface area contributed by atoms with E-state index in [1.54, 1.807) is 4.57 Å². The zero-order valence-corrected chi connectivity index (χ0v) is 15.1. The molecule has 1 unspecified atom stereocenters. The van der Waals surface area contributed by atoms with Crippen molar-refractivity contribution in [2.24, 2.45) is 5.92 Å². The molecule has 3 aliphatic rings. The van der Waals surface area contributed by atoms with Gasteiger partial charge in [-0.1, -0.05) is 29.8 Å². The van der Waals surface area contributed by atoms with E-state index in [2.05, 4.69) is 5.10 Å². The van der Waals surface area contributed by atoms with Crippen LogP contribution in [0.3, 0.4) is 0 Å². The second kappa shape index (κ2) is 5.83. The zero-order valence-electron chi connectivity index (χ0n) is 15.1. The summed E-state index contributed by atoms with van der Waals surface area (Å²) in [5.41, 5.74) is 2.10. The molecule has 1 aromatic heterocycles. The highest BCUT2D eigenvalue weighted by molar-refractivity contribution is 5.81. The van der Waals surface area contributed by atoms with E-state index in [-0.39, 0.29) is 17.6 Å². The molecular weight excluding hydrogens is 328 g/mol. The van der Waals surface area contributed by atoms with Gasteiger partial charge in [-0.2, -0.15) is 5.10 Å². The van der Waals surface area contributed by atoms with Gasteiger partial charge < -0.3 is 4.90 Å². The van der Waals surface area contributed by atoms with Crippen LogP contribution in [-0.4, -0.2) is 37.7 Å². The summed E-state index contributed by atoms with van der Waals surface area (Å²) in [7, 11) is 0. The molecule has 26 heavy (non-hydrogen) atoms. The predicted octanol–water partition coefficient (Wildman–Crippen LogP) is 1.90. The first-order valence-electron chi connectivity index (χ1n) is 9.66. The van der Waals surface area contributed by atoms with Gasteiger partial charge in [-0.15, -0.1) is 0 Å². The minimum Gasteiger partial charge on any atom is -0.338 e. The van der Waals surface area contributed by atoms with Gasteiger partial charge in [0.1, 0.15) is 11.9 Å². The average molecular weight is 352 g/mol. The average Bonchev–Trinajstić information content (AvgIpc) is 3.19.